The van der Waals surface area contributed by atoms with Crippen LogP contribution in [0.1, 0.15) is 35.8 Å². The van der Waals surface area contributed by atoms with E-state index >= 15 is 0 Å². The molecule has 4 heteroatoms. The van der Waals surface area contributed by atoms with Crippen molar-refractivity contribution in [3.63, 3.8) is 0 Å². The topological polar surface area (TPSA) is 54.0 Å². The van der Waals surface area contributed by atoms with E-state index in [9.17, 15) is 4.79 Å². The lowest BCUT2D eigenvalue weighted by molar-refractivity contribution is 0.0916. The molecular weight excluding hydrogens is 226 g/mol. The molecular formula is C14H21N3O. The van der Waals surface area contributed by atoms with Crippen molar-refractivity contribution in [2.45, 2.75) is 32.7 Å². The van der Waals surface area contributed by atoms with Crippen molar-refractivity contribution >= 4 is 5.91 Å². The third-order valence-corrected chi connectivity index (χ3v) is 3.63. The van der Waals surface area contributed by atoms with E-state index in [1.165, 1.54) is 12.8 Å². The molecule has 2 unspecified atom stereocenters. The number of aromatic nitrogens is 1. The third kappa shape index (κ3) is 3.07. The molecule has 1 fully saturated rings. The number of carbonyl (C=O) groups excluding carboxylic acids is 1. The molecule has 1 saturated heterocycles. The molecule has 98 valence electrons. The lowest BCUT2D eigenvalue weighted by Crippen LogP contribution is -2.44. The van der Waals surface area contributed by atoms with Crippen molar-refractivity contribution in [1.29, 1.82) is 0 Å². The van der Waals surface area contributed by atoms with Crippen LogP contribution in [0, 0.1) is 12.8 Å². The molecule has 1 aliphatic rings. The number of piperidine rings is 1. The zero-order valence-corrected chi connectivity index (χ0v) is 11.1. The number of amides is 1. The fourth-order valence-electron chi connectivity index (χ4n) is 2.42. The number of rotatable bonds is 3. The van der Waals surface area contributed by atoms with Gasteiger partial charge >= 0.3 is 0 Å². The summed E-state index contributed by atoms with van der Waals surface area (Å²) in [6.07, 6.45) is 4.03. The average Bonchev–Trinajstić information content (AvgIpc) is 2.40. The quantitative estimate of drug-likeness (QED) is 0.851. The van der Waals surface area contributed by atoms with Gasteiger partial charge in [-0.2, -0.15) is 0 Å². The van der Waals surface area contributed by atoms with Crippen molar-refractivity contribution < 1.29 is 4.79 Å². The zero-order valence-electron chi connectivity index (χ0n) is 11.1. The Morgan fingerprint density at radius 2 is 2.44 bits per heavy atom. The van der Waals surface area contributed by atoms with Gasteiger partial charge in [-0.05, 0) is 57.3 Å². The van der Waals surface area contributed by atoms with Crippen molar-refractivity contribution in [2.75, 3.05) is 13.1 Å². The van der Waals surface area contributed by atoms with Gasteiger partial charge in [-0.3, -0.25) is 9.78 Å². The van der Waals surface area contributed by atoms with Gasteiger partial charge in [0.25, 0.3) is 5.91 Å². The van der Waals surface area contributed by atoms with E-state index in [0.29, 0.717) is 11.6 Å². The van der Waals surface area contributed by atoms with Crippen LogP contribution in [-0.4, -0.2) is 30.0 Å². The van der Waals surface area contributed by atoms with Crippen molar-refractivity contribution in [2.24, 2.45) is 5.92 Å². The highest BCUT2D eigenvalue weighted by Gasteiger charge is 2.22. The summed E-state index contributed by atoms with van der Waals surface area (Å²) in [4.78, 5) is 16.3. The van der Waals surface area contributed by atoms with Crippen LogP contribution in [0.25, 0.3) is 0 Å². The standard InChI is InChI=1S/C14H21N3O/c1-10-5-3-8-16-13(10)14(18)17-11(2)12-6-4-7-15-9-12/h3,5,8,11-12,15H,4,6-7,9H2,1-2H3,(H,17,18). The van der Waals surface area contributed by atoms with E-state index in [4.69, 9.17) is 0 Å². The van der Waals surface area contributed by atoms with E-state index in [1.807, 2.05) is 19.1 Å². The first kappa shape index (κ1) is 13.0. The Bertz CT molecular complexity index is 413. The van der Waals surface area contributed by atoms with Gasteiger partial charge in [0.2, 0.25) is 0 Å². The monoisotopic (exact) mass is 247 g/mol. The van der Waals surface area contributed by atoms with Gasteiger partial charge in [-0.15, -0.1) is 0 Å². The van der Waals surface area contributed by atoms with Gasteiger partial charge in [0, 0.05) is 12.2 Å². The molecule has 1 aliphatic heterocycles. The van der Waals surface area contributed by atoms with Crippen LogP contribution in [0.2, 0.25) is 0 Å². The predicted molar refractivity (Wildman–Crippen MR) is 71.5 cm³/mol. The van der Waals surface area contributed by atoms with Gasteiger partial charge in [0.05, 0.1) is 0 Å². The Morgan fingerprint density at radius 1 is 1.61 bits per heavy atom. The maximum Gasteiger partial charge on any atom is 0.270 e. The first-order valence-corrected chi connectivity index (χ1v) is 6.61. The first-order valence-electron chi connectivity index (χ1n) is 6.61. The van der Waals surface area contributed by atoms with Crippen molar-refractivity contribution in [3.8, 4) is 0 Å². The van der Waals surface area contributed by atoms with E-state index in [1.54, 1.807) is 6.20 Å². The van der Waals surface area contributed by atoms with Crippen LogP contribution in [0.5, 0.6) is 0 Å². The largest absolute Gasteiger partial charge is 0.348 e. The van der Waals surface area contributed by atoms with Gasteiger partial charge in [-0.25, -0.2) is 0 Å². The lowest BCUT2D eigenvalue weighted by Gasteiger charge is -2.28. The first-order chi connectivity index (χ1) is 8.68. The summed E-state index contributed by atoms with van der Waals surface area (Å²) in [5.74, 6) is 0.456. The fourth-order valence-corrected chi connectivity index (χ4v) is 2.42. The van der Waals surface area contributed by atoms with Gasteiger partial charge < -0.3 is 10.6 Å². The number of hydrogen-bond acceptors (Lipinski definition) is 3. The number of aryl methyl sites for hydroxylation is 1. The summed E-state index contributed by atoms with van der Waals surface area (Å²) >= 11 is 0. The molecule has 4 nitrogen and oxygen atoms in total. The SMILES string of the molecule is Cc1cccnc1C(=O)NC(C)C1CCCNC1. The number of nitrogens with zero attached hydrogens (tertiary/aromatic N) is 1. The van der Waals surface area contributed by atoms with Crippen LogP contribution in [0.3, 0.4) is 0 Å². The summed E-state index contributed by atoms with van der Waals surface area (Å²) < 4.78 is 0. The summed E-state index contributed by atoms with van der Waals surface area (Å²) in [6.45, 7) is 6.07. The summed E-state index contributed by atoms with van der Waals surface area (Å²) in [6, 6.07) is 3.95. The van der Waals surface area contributed by atoms with Gasteiger partial charge in [-0.1, -0.05) is 6.07 Å². The minimum Gasteiger partial charge on any atom is -0.348 e. The molecule has 1 aromatic rings. The zero-order chi connectivity index (χ0) is 13.0. The lowest BCUT2D eigenvalue weighted by atomic mass is 9.92. The van der Waals surface area contributed by atoms with Crippen LogP contribution in [0.15, 0.2) is 18.3 Å². The number of hydrogen-bond donors (Lipinski definition) is 2. The molecule has 18 heavy (non-hydrogen) atoms. The van der Waals surface area contributed by atoms with Crippen LogP contribution < -0.4 is 10.6 Å². The number of nitrogens with one attached hydrogen (secondary N) is 2. The maximum absolute atomic E-state index is 12.1. The molecule has 0 saturated carbocycles. The normalized spacial score (nSPS) is 21.3. The van der Waals surface area contributed by atoms with Crippen LogP contribution in [0.4, 0.5) is 0 Å². The van der Waals surface area contributed by atoms with E-state index in [0.717, 1.165) is 18.7 Å². The third-order valence-electron chi connectivity index (χ3n) is 3.63. The minimum absolute atomic E-state index is 0.0637. The summed E-state index contributed by atoms with van der Waals surface area (Å²) in [5.41, 5.74) is 1.46. The highest BCUT2D eigenvalue weighted by Crippen LogP contribution is 2.14. The second-order valence-corrected chi connectivity index (χ2v) is 5.04. The second-order valence-electron chi connectivity index (χ2n) is 5.04. The van der Waals surface area contributed by atoms with Gasteiger partial charge in [0.15, 0.2) is 0 Å². The molecule has 1 aromatic heterocycles. The Morgan fingerprint density at radius 3 is 3.11 bits per heavy atom. The molecule has 0 aromatic carbocycles. The highest BCUT2D eigenvalue weighted by atomic mass is 16.1. The number of carbonyl (C=O) groups is 1. The molecule has 2 rings (SSSR count). The van der Waals surface area contributed by atoms with E-state index < -0.39 is 0 Å². The maximum atomic E-state index is 12.1. The summed E-state index contributed by atoms with van der Waals surface area (Å²) in [5, 5.41) is 6.44. The fraction of sp³-hybridized carbons (Fsp3) is 0.571. The van der Waals surface area contributed by atoms with Crippen molar-refractivity contribution in [1.82, 2.24) is 15.6 Å². The minimum atomic E-state index is -0.0637. The Labute approximate surface area is 108 Å². The molecule has 2 N–H and O–H groups in total. The predicted octanol–water partition coefficient (Wildman–Crippen LogP) is 1.51. The molecule has 0 bridgehead atoms. The Hall–Kier alpha value is -1.42. The van der Waals surface area contributed by atoms with E-state index in [2.05, 4.69) is 22.5 Å². The molecule has 1 amide bonds. The Balaban J connectivity index is 1.96. The van der Waals surface area contributed by atoms with E-state index in [-0.39, 0.29) is 11.9 Å². The van der Waals surface area contributed by atoms with Crippen molar-refractivity contribution in [3.05, 3.63) is 29.6 Å². The second kappa shape index (κ2) is 5.96. The smallest absolute Gasteiger partial charge is 0.270 e. The highest BCUT2D eigenvalue weighted by molar-refractivity contribution is 5.93. The molecule has 0 radical (unpaired) electrons. The van der Waals surface area contributed by atoms with Crippen LogP contribution in [-0.2, 0) is 0 Å². The molecule has 2 atom stereocenters. The number of pyridine rings is 1. The van der Waals surface area contributed by atoms with Crippen LogP contribution >= 0.6 is 0 Å². The molecule has 0 aliphatic carbocycles. The molecule has 2 heterocycles. The van der Waals surface area contributed by atoms with Gasteiger partial charge in [0.1, 0.15) is 5.69 Å². The average molecular weight is 247 g/mol. The summed E-state index contributed by atoms with van der Waals surface area (Å²) in [7, 11) is 0. The Kier molecular flexibility index (Phi) is 4.31. The molecule has 0 spiro atoms.